The minimum Gasteiger partial charge on any atom is -0.0988 e. The quantitative estimate of drug-likeness (QED) is 0.525. The fraction of sp³-hybridized carbons (Fsp3) is 0.444. The maximum absolute atomic E-state index is 4.16. The Morgan fingerprint density at radius 1 is 1.44 bits per heavy atom. The summed E-state index contributed by atoms with van der Waals surface area (Å²) in [6.07, 6.45) is 12.6. The van der Waals surface area contributed by atoms with E-state index >= 15 is 0 Å². The summed E-state index contributed by atoms with van der Waals surface area (Å²) in [7, 11) is 0. The molecule has 0 amide bonds. The molecule has 0 saturated heterocycles. The van der Waals surface area contributed by atoms with Crippen LogP contribution in [0.1, 0.15) is 39.0 Å². The zero-order chi connectivity index (χ0) is 13.1. The summed E-state index contributed by atoms with van der Waals surface area (Å²) >= 11 is 0. The second-order valence-corrected chi connectivity index (χ2v) is 5.78. The van der Waals surface area contributed by atoms with Crippen molar-refractivity contribution in [2.24, 2.45) is 11.8 Å². The van der Waals surface area contributed by atoms with Crippen LogP contribution in [0.5, 0.6) is 0 Å². The van der Waals surface area contributed by atoms with Crippen LogP contribution in [0.15, 0.2) is 60.3 Å². The summed E-state index contributed by atoms with van der Waals surface area (Å²) < 4.78 is 0. The molecule has 18 heavy (non-hydrogen) atoms. The molecule has 0 aliphatic heterocycles. The molecule has 0 spiro atoms. The van der Waals surface area contributed by atoms with Gasteiger partial charge in [-0.1, -0.05) is 50.5 Å². The number of rotatable bonds is 7. The molecule has 0 N–H and O–H groups in total. The largest absolute Gasteiger partial charge is 0.0988 e. The van der Waals surface area contributed by atoms with Gasteiger partial charge in [0.15, 0.2) is 0 Å². The van der Waals surface area contributed by atoms with Gasteiger partial charge in [-0.2, -0.15) is 0 Å². The molecule has 0 heteroatoms. The van der Waals surface area contributed by atoms with Crippen molar-refractivity contribution in [3.63, 3.8) is 0 Å². The predicted molar refractivity (Wildman–Crippen MR) is 80.4 cm³/mol. The number of hydrogen-bond acceptors (Lipinski definition) is 0. The van der Waals surface area contributed by atoms with Gasteiger partial charge in [-0.15, -0.1) is 0 Å². The Balaban J connectivity index is 1.89. The van der Waals surface area contributed by atoms with Gasteiger partial charge in [0.1, 0.15) is 0 Å². The first-order valence-electron chi connectivity index (χ1n) is 7.02. The van der Waals surface area contributed by atoms with E-state index in [4.69, 9.17) is 0 Å². The summed E-state index contributed by atoms with van der Waals surface area (Å²) in [5, 5.41) is 0. The van der Waals surface area contributed by atoms with Crippen molar-refractivity contribution in [3.05, 3.63) is 60.3 Å². The third-order valence-electron chi connectivity index (χ3n) is 3.97. The highest BCUT2D eigenvalue weighted by atomic mass is 14.3. The maximum atomic E-state index is 4.16. The average Bonchev–Trinajstić information content (AvgIpc) is 3.11. The van der Waals surface area contributed by atoms with E-state index < -0.39 is 0 Å². The Bertz CT molecular complexity index is 427. The third-order valence-corrected chi connectivity index (χ3v) is 3.97. The van der Waals surface area contributed by atoms with Gasteiger partial charge in [-0.25, -0.2) is 0 Å². The molecule has 96 valence electrons. The standard InChI is InChI=1S/C18H24/c1-5-13(2)12-14(3)6-8-16-9-7-15(4)18(16)17-10-11-17/h5,7,9,14,17H,1-2,4,6,8,10-12H2,3H3. The van der Waals surface area contributed by atoms with E-state index in [1.165, 1.54) is 31.3 Å². The molecule has 0 aromatic rings. The fourth-order valence-electron chi connectivity index (χ4n) is 2.74. The van der Waals surface area contributed by atoms with Crippen LogP contribution < -0.4 is 0 Å². The van der Waals surface area contributed by atoms with Crippen LogP contribution in [0.25, 0.3) is 0 Å². The second-order valence-electron chi connectivity index (χ2n) is 5.78. The minimum atomic E-state index is 0.686. The normalized spacial score (nSPS) is 20.4. The SMILES string of the molecule is C=CC(=C)CC(C)CCC1=C(C2CC2)C(=C)C=C1. The molecule has 0 nitrogen and oxygen atoms in total. The first-order chi connectivity index (χ1) is 8.61. The Kier molecular flexibility index (Phi) is 4.06. The second kappa shape index (κ2) is 5.56. The minimum absolute atomic E-state index is 0.686. The number of hydrogen-bond donors (Lipinski definition) is 0. The van der Waals surface area contributed by atoms with Gasteiger partial charge in [0, 0.05) is 0 Å². The highest BCUT2D eigenvalue weighted by molar-refractivity contribution is 5.54. The number of allylic oxidation sites excluding steroid dienone is 7. The molecule has 0 bridgehead atoms. The van der Waals surface area contributed by atoms with Gasteiger partial charge < -0.3 is 0 Å². The molecule has 0 heterocycles. The van der Waals surface area contributed by atoms with E-state index in [2.05, 4.69) is 38.8 Å². The van der Waals surface area contributed by atoms with Crippen molar-refractivity contribution in [1.29, 1.82) is 0 Å². The molecule has 1 atom stereocenters. The van der Waals surface area contributed by atoms with Crippen LogP contribution in [-0.4, -0.2) is 0 Å². The van der Waals surface area contributed by atoms with Gasteiger partial charge in [0.25, 0.3) is 0 Å². The van der Waals surface area contributed by atoms with Gasteiger partial charge >= 0.3 is 0 Å². The van der Waals surface area contributed by atoms with Crippen molar-refractivity contribution in [3.8, 4) is 0 Å². The summed E-state index contributed by atoms with van der Waals surface area (Å²) in [6, 6.07) is 0. The van der Waals surface area contributed by atoms with E-state index in [-0.39, 0.29) is 0 Å². The highest BCUT2D eigenvalue weighted by Gasteiger charge is 2.30. The van der Waals surface area contributed by atoms with Gasteiger partial charge in [-0.05, 0) is 60.7 Å². The van der Waals surface area contributed by atoms with E-state index in [1.807, 2.05) is 6.08 Å². The molecule has 0 aromatic carbocycles. The molecule has 1 saturated carbocycles. The average molecular weight is 240 g/mol. The first-order valence-corrected chi connectivity index (χ1v) is 7.02. The van der Waals surface area contributed by atoms with E-state index in [9.17, 15) is 0 Å². The Morgan fingerprint density at radius 2 is 2.17 bits per heavy atom. The van der Waals surface area contributed by atoms with Crippen LogP contribution in [0.2, 0.25) is 0 Å². The van der Waals surface area contributed by atoms with Crippen molar-refractivity contribution < 1.29 is 0 Å². The van der Waals surface area contributed by atoms with Crippen molar-refractivity contribution in [1.82, 2.24) is 0 Å². The Hall–Kier alpha value is -1.30. The third kappa shape index (κ3) is 3.13. The molecule has 2 aliphatic carbocycles. The fourth-order valence-corrected chi connectivity index (χ4v) is 2.74. The van der Waals surface area contributed by atoms with Crippen molar-refractivity contribution in [2.75, 3.05) is 0 Å². The molecule has 1 fully saturated rings. The van der Waals surface area contributed by atoms with Gasteiger partial charge in [-0.3, -0.25) is 0 Å². The molecule has 2 aliphatic rings. The Morgan fingerprint density at radius 3 is 2.78 bits per heavy atom. The lowest BCUT2D eigenvalue weighted by Crippen LogP contribution is -1.97. The van der Waals surface area contributed by atoms with Crippen LogP contribution in [-0.2, 0) is 0 Å². The first kappa shape index (κ1) is 13.1. The molecular weight excluding hydrogens is 216 g/mol. The summed E-state index contributed by atoms with van der Waals surface area (Å²) in [6.45, 7) is 14.2. The summed E-state index contributed by atoms with van der Waals surface area (Å²) in [4.78, 5) is 0. The smallest absolute Gasteiger partial charge is 0.0153 e. The van der Waals surface area contributed by atoms with Gasteiger partial charge in [0.2, 0.25) is 0 Å². The lowest BCUT2D eigenvalue weighted by atomic mass is 9.92. The zero-order valence-corrected chi connectivity index (χ0v) is 11.5. The lowest BCUT2D eigenvalue weighted by Gasteiger charge is -2.13. The Labute approximate surface area is 111 Å². The molecular formula is C18H24. The van der Waals surface area contributed by atoms with Crippen LogP contribution >= 0.6 is 0 Å². The van der Waals surface area contributed by atoms with E-state index in [1.54, 1.807) is 11.1 Å². The molecule has 2 rings (SSSR count). The van der Waals surface area contributed by atoms with E-state index in [0.29, 0.717) is 5.92 Å². The monoisotopic (exact) mass is 240 g/mol. The van der Waals surface area contributed by atoms with Crippen LogP contribution in [0.4, 0.5) is 0 Å². The maximum Gasteiger partial charge on any atom is -0.0153 e. The highest BCUT2D eigenvalue weighted by Crippen LogP contribution is 2.45. The predicted octanol–water partition coefficient (Wildman–Crippen LogP) is 5.37. The summed E-state index contributed by atoms with van der Waals surface area (Å²) in [5.41, 5.74) is 5.52. The van der Waals surface area contributed by atoms with Crippen LogP contribution in [0, 0.1) is 11.8 Å². The molecule has 1 unspecified atom stereocenters. The topological polar surface area (TPSA) is 0 Å². The molecule has 0 radical (unpaired) electrons. The lowest BCUT2D eigenvalue weighted by molar-refractivity contribution is 0.533. The van der Waals surface area contributed by atoms with Crippen molar-refractivity contribution in [2.45, 2.75) is 39.0 Å². The van der Waals surface area contributed by atoms with Crippen LogP contribution in [0.3, 0.4) is 0 Å². The van der Waals surface area contributed by atoms with Gasteiger partial charge in [0.05, 0.1) is 0 Å². The molecule has 0 aromatic heterocycles. The van der Waals surface area contributed by atoms with Crippen molar-refractivity contribution >= 4 is 0 Å². The zero-order valence-electron chi connectivity index (χ0n) is 11.5. The van der Waals surface area contributed by atoms with E-state index in [0.717, 1.165) is 17.9 Å². The summed E-state index contributed by atoms with van der Waals surface area (Å²) in [5.74, 6) is 1.51.